The Morgan fingerprint density at radius 1 is 1.20 bits per heavy atom. The van der Waals surface area contributed by atoms with Crippen LogP contribution in [0.4, 0.5) is 0 Å². The molecule has 240 valence electrons. The Morgan fingerprint density at radius 3 is 2.67 bits per heavy atom. The molecule has 2 N–H and O–H groups in total. The molecule has 0 aliphatic heterocycles. The fraction of sp³-hybridized carbons (Fsp3) is 0.278. The zero-order valence-corrected chi connectivity index (χ0v) is 27.3. The Bertz CT molecular complexity index is 1890. The Kier molecular flexibility index (Phi) is 11.9. The SMILES string of the molecule is CCCc1c(OCC/C=C\C=C\[C@@H](c2c(C(=O)OC)oc3c(c2=O)=CCC(=S)C=3)[C@@H](O)c2cccc(Cl)c2)ccc(C(C)=O)c1O. The summed E-state index contributed by atoms with van der Waals surface area (Å²) in [6.45, 7) is 3.68. The number of carbonyl (C=O) groups excluding carboxylic acids is 2. The van der Waals surface area contributed by atoms with Crippen molar-refractivity contribution in [3.63, 3.8) is 0 Å². The van der Waals surface area contributed by atoms with E-state index in [2.05, 4.69) is 0 Å². The van der Waals surface area contributed by atoms with E-state index in [0.29, 0.717) is 52.6 Å². The highest BCUT2D eigenvalue weighted by Gasteiger charge is 2.31. The first-order chi connectivity index (χ1) is 22.1. The average molecular weight is 663 g/mol. The quantitative estimate of drug-likeness (QED) is 0.0783. The van der Waals surface area contributed by atoms with Crippen LogP contribution in [0.5, 0.6) is 11.5 Å². The summed E-state index contributed by atoms with van der Waals surface area (Å²) in [5.41, 5.74) is 0.927. The van der Waals surface area contributed by atoms with Gasteiger partial charge in [0.1, 0.15) is 16.9 Å². The van der Waals surface area contributed by atoms with Gasteiger partial charge in [-0.15, -0.1) is 0 Å². The van der Waals surface area contributed by atoms with Crippen molar-refractivity contribution in [3.05, 3.63) is 115 Å². The average Bonchev–Trinajstić information content (AvgIpc) is 3.03. The van der Waals surface area contributed by atoms with E-state index in [1.165, 1.54) is 20.1 Å². The lowest BCUT2D eigenvalue weighted by Crippen LogP contribution is -2.45. The molecule has 1 heterocycles. The van der Waals surface area contributed by atoms with Crippen molar-refractivity contribution in [2.75, 3.05) is 13.7 Å². The number of methoxy groups -OCH3 is 1. The molecule has 1 aliphatic rings. The van der Waals surface area contributed by atoms with Gasteiger partial charge in [-0.05, 0) is 55.7 Å². The van der Waals surface area contributed by atoms with Crippen LogP contribution < -0.4 is 20.8 Å². The van der Waals surface area contributed by atoms with E-state index in [-0.39, 0.29) is 39.1 Å². The van der Waals surface area contributed by atoms with Crippen molar-refractivity contribution in [1.82, 2.24) is 0 Å². The Labute approximate surface area is 276 Å². The van der Waals surface area contributed by atoms with Crippen molar-refractivity contribution in [2.24, 2.45) is 0 Å². The van der Waals surface area contributed by atoms with Crippen LogP contribution in [0.1, 0.15) is 82.7 Å². The number of allylic oxidation sites excluding steroid dienone is 2. The number of benzene rings is 2. The van der Waals surface area contributed by atoms with E-state index in [1.807, 2.05) is 13.0 Å². The number of Topliss-reactive ketones (excluding diaryl/α,β-unsaturated/α-hetero) is 1. The lowest BCUT2D eigenvalue weighted by Gasteiger charge is -2.22. The van der Waals surface area contributed by atoms with Crippen molar-refractivity contribution in [2.45, 2.75) is 51.6 Å². The second-order valence-electron chi connectivity index (χ2n) is 10.7. The largest absolute Gasteiger partial charge is 0.507 e. The molecule has 0 unspecified atom stereocenters. The third kappa shape index (κ3) is 7.91. The normalized spacial score (nSPS) is 14.0. The number of carbonyl (C=O) groups is 2. The maximum atomic E-state index is 13.9. The van der Waals surface area contributed by atoms with Crippen molar-refractivity contribution in [3.8, 4) is 11.5 Å². The summed E-state index contributed by atoms with van der Waals surface area (Å²) in [7, 11) is 1.18. The van der Waals surface area contributed by atoms with Crippen molar-refractivity contribution < 1.29 is 33.7 Å². The zero-order valence-electron chi connectivity index (χ0n) is 25.7. The van der Waals surface area contributed by atoms with E-state index in [0.717, 1.165) is 6.42 Å². The van der Waals surface area contributed by atoms with E-state index in [4.69, 9.17) is 37.7 Å². The number of rotatable bonds is 13. The minimum absolute atomic E-state index is 0.0502. The number of ketones is 1. The molecular weight excluding hydrogens is 628 g/mol. The number of halogens is 1. The predicted molar refractivity (Wildman–Crippen MR) is 181 cm³/mol. The summed E-state index contributed by atoms with van der Waals surface area (Å²) in [5.74, 6) is -1.96. The first-order valence-corrected chi connectivity index (χ1v) is 15.6. The molecule has 0 amide bonds. The van der Waals surface area contributed by atoms with Gasteiger partial charge in [-0.3, -0.25) is 9.59 Å². The second kappa shape index (κ2) is 15.8. The number of aromatic hydroxyl groups is 1. The number of aliphatic hydroxyl groups is 1. The smallest absolute Gasteiger partial charge is 0.374 e. The zero-order chi connectivity index (χ0) is 33.4. The molecule has 2 aromatic carbocycles. The number of hydrogen-bond acceptors (Lipinski definition) is 9. The maximum Gasteiger partial charge on any atom is 0.374 e. The van der Waals surface area contributed by atoms with Crippen LogP contribution in [0.2, 0.25) is 5.02 Å². The molecule has 0 saturated carbocycles. The number of phenolic OH excluding ortho intramolecular Hbond substituents is 1. The van der Waals surface area contributed by atoms with Gasteiger partial charge in [0.15, 0.2) is 11.2 Å². The third-order valence-electron chi connectivity index (χ3n) is 7.47. The van der Waals surface area contributed by atoms with Crippen LogP contribution in [-0.4, -0.2) is 40.5 Å². The lowest BCUT2D eigenvalue weighted by molar-refractivity contribution is 0.0553. The number of thiocarbonyl (C=S) groups is 1. The molecule has 10 heteroatoms. The Hall–Kier alpha value is -4.31. The van der Waals surface area contributed by atoms with Gasteiger partial charge in [0, 0.05) is 27.8 Å². The molecule has 0 radical (unpaired) electrons. The van der Waals surface area contributed by atoms with Gasteiger partial charge in [0.05, 0.1) is 36.2 Å². The molecule has 0 saturated heterocycles. The summed E-state index contributed by atoms with van der Waals surface area (Å²) in [5, 5.41) is 22.8. The first kappa shape index (κ1) is 34.6. The highest BCUT2D eigenvalue weighted by atomic mass is 35.5. The highest BCUT2D eigenvalue weighted by Crippen LogP contribution is 2.34. The van der Waals surface area contributed by atoms with E-state index in [9.17, 15) is 24.6 Å². The number of fused-ring (bicyclic) bond motifs is 1. The second-order valence-corrected chi connectivity index (χ2v) is 11.6. The van der Waals surface area contributed by atoms with Crippen LogP contribution >= 0.6 is 23.8 Å². The Balaban J connectivity index is 1.63. The van der Waals surface area contributed by atoms with Crippen LogP contribution in [0.15, 0.2) is 69.9 Å². The van der Waals surface area contributed by atoms with Crippen LogP contribution in [0.3, 0.4) is 0 Å². The molecule has 3 aromatic rings. The maximum absolute atomic E-state index is 13.9. The third-order valence-corrected chi connectivity index (χ3v) is 7.99. The Morgan fingerprint density at radius 2 is 1.98 bits per heavy atom. The number of hydrogen-bond donors (Lipinski definition) is 2. The molecule has 0 spiro atoms. The topological polar surface area (TPSA) is 123 Å². The highest BCUT2D eigenvalue weighted by molar-refractivity contribution is 7.81. The summed E-state index contributed by atoms with van der Waals surface area (Å²) in [6, 6.07) is 9.86. The lowest BCUT2D eigenvalue weighted by atomic mass is 9.87. The fourth-order valence-corrected chi connectivity index (χ4v) is 5.61. The molecular formula is C36H35ClO8S. The number of ether oxygens (including phenoxy) is 2. The molecule has 2 atom stereocenters. The van der Waals surface area contributed by atoms with E-state index < -0.39 is 23.4 Å². The summed E-state index contributed by atoms with van der Waals surface area (Å²) in [4.78, 5) is 39.1. The minimum atomic E-state index is -1.27. The van der Waals surface area contributed by atoms with E-state index >= 15 is 0 Å². The number of esters is 1. The van der Waals surface area contributed by atoms with Gasteiger partial charge >= 0.3 is 5.97 Å². The molecule has 46 heavy (non-hydrogen) atoms. The van der Waals surface area contributed by atoms with Crippen LogP contribution in [0, 0.1) is 0 Å². The minimum Gasteiger partial charge on any atom is -0.507 e. The van der Waals surface area contributed by atoms with Crippen molar-refractivity contribution >= 4 is 52.6 Å². The van der Waals surface area contributed by atoms with Gasteiger partial charge in [-0.2, -0.15) is 0 Å². The standard InChI is InChI=1S/C36H35ClO8S/c1-4-10-26-29(17-16-25(21(2)38)33(26)40)44-18-8-6-5-7-13-28(32(39)22-11-9-12-23(37)19-22)31-34(41)27-15-14-24(46)20-30(27)45-35(31)36(42)43-3/h5-7,9,11-13,15-17,19-20,28,32,39-40H,4,8,10,14,18H2,1-3H3/b6-5-,13-7+/t28-,32-/m0/s1. The molecule has 4 rings (SSSR count). The molecule has 8 nitrogen and oxygen atoms in total. The summed E-state index contributed by atoms with van der Waals surface area (Å²) in [6.07, 6.45) is 11.0. The molecule has 0 fully saturated rings. The summed E-state index contributed by atoms with van der Waals surface area (Å²) >= 11 is 11.5. The molecule has 1 aliphatic carbocycles. The molecule has 1 aromatic heterocycles. The van der Waals surface area contributed by atoms with Crippen LogP contribution in [-0.2, 0) is 11.2 Å². The molecule has 0 bridgehead atoms. The number of aliphatic hydroxyl groups excluding tert-OH is 1. The van der Waals surface area contributed by atoms with Crippen molar-refractivity contribution in [1.29, 1.82) is 0 Å². The predicted octanol–water partition coefficient (Wildman–Crippen LogP) is 5.67. The first-order valence-electron chi connectivity index (χ1n) is 14.8. The van der Waals surface area contributed by atoms with Crippen LogP contribution in [0.25, 0.3) is 12.2 Å². The van der Waals surface area contributed by atoms with Gasteiger partial charge in [-0.1, -0.05) is 79.7 Å². The van der Waals surface area contributed by atoms with Gasteiger partial charge in [-0.25, -0.2) is 4.79 Å². The summed E-state index contributed by atoms with van der Waals surface area (Å²) < 4.78 is 16.8. The monoisotopic (exact) mass is 662 g/mol. The fourth-order valence-electron chi connectivity index (χ4n) is 5.22. The van der Waals surface area contributed by atoms with Gasteiger partial charge in [0.25, 0.3) is 0 Å². The van der Waals surface area contributed by atoms with E-state index in [1.54, 1.807) is 60.7 Å². The van der Waals surface area contributed by atoms with Gasteiger partial charge in [0.2, 0.25) is 5.76 Å². The van der Waals surface area contributed by atoms with Gasteiger partial charge < -0.3 is 24.1 Å². The number of phenols is 1.